The van der Waals surface area contributed by atoms with Gasteiger partial charge in [0.1, 0.15) is 6.04 Å². The summed E-state index contributed by atoms with van der Waals surface area (Å²) in [5.74, 6) is -2.46. The Kier molecular flexibility index (Phi) is 3.17. The number of nitrogens with zero attached hydrogens (tertiary/aromatic N) is 1. The molecule has 8 nitrogen and oxygen atoms in total. The largest absolute Gasteiger partial charge is 0.478 e. The first kappa shape index (κ1) is 14.5. The number of fused-ring (bicyclic) bond motifs is 1. The van der Waals surface area contributed by atoms with Gasteiger partial charge in [0.25, 0.3) is 11.8 Å². The second-order valence-electron chi connectivity index (χ2n) is 5.20. The number of nitrogens with one attached hydrogen (secondary N) is 1. The van der Waals surface area contributed by atoms with Crippen molar-refractivity contribution in [3.05, 3.63) is 34.9 Å². The molecule has 22 heavy (non-hydrogen) atoms. The summed E-state index contributed by atoms with van der Waals surface area (Å²) in [5.41, 5.74) is 0.918. The van der Waals surface area contributed by atoms with Crippen molar-refractivity contribution in [2.45, 2.75) is 19.0 Å². The van der Waals surface area contributed by atoms with E-state index in [0.717, 1.165) is 0 Å². The molecule has 2 aliphatic heterocycles. The normalized spacial score (nSPS) is 23.1. The van der Waals surface area contributed by atoms with Crippen LogP contribution in [-0.4, -0.2) is 48.0 Å². The maximum Gasteiger partial charge on any atom is 0.335 e. The zero-order valence-electron chi connectivity index (χ0n) is 11.3. The van der Waals surface area contributed by atoms with Gasteiger partial charge in [0.2, 0.25) is 10.0 Å². The summed E-state index contributed by atoms with van der Waals surface area (Å²) in [5, 5.41) is 8.97. The van der Waals surface area contributed by atoms with Crippen LogP contribution in [0.25, 0.3) is 0 Å². The number of hydrogen-bond donors (Lipinski definition) is 2. The quantitative estimate of drug-likeness (QED) is 0.761. The molecule has 3 rings (SSSR count). The van der Waals surface area contributed by atoms with Crippen LogP contribution < -0.4 is 4.72 Å². The van der Waals surface area contributed by atoms with Crippen LogP contribution in [0.3, 0.4) is 0 Å². The Morgan fingerprint density at radius 1 is 1.32 bits per heavy atom. The third-order valence-electron chi connectivity index (χ3n) is 3.78. The van der Waals surface area contributed by atoms with Crippen LogP contribution in [0, 0.1) is 0 Å². The van der Waals surface area contributed by atoms with Crippen molar-refractivity contribution in [2.24, 2.45) is 0 Å². The molecule has 116 valence electrons. The minimum Gasteiger partial charge on any atom is -0.478 e. The summed E-state index contributed by atoms with van der Waals surface area (Å²) in [4.78, 5) is 36.5. The molecule has 0 aliphatic carbocycles. The van der Waals surface area contributed by atoms with Crippen molar-refractivity contribution < 1.29 is 27.9 Å². The summed E-state index contributed by atoms with van der Waals surface area (Å²) < 4.78 is 24.6. The molecular formula is C13H12N2O6S. The van der Waals surface area contributed by atoms with E-state index in [9.17, 15) is 22.8 Å². The van der Waals surface area contributed by atoms with Crippen LogP contribution in [0.5, 0.6) is 0 Å². The van der Waals surface area contributed by atoms with E-state index in [1.54, 1.807) is 0 Å². The van der Waals surface area contributed by atoms with Gasteiger partial charge in [-0.25, -0.2) is 13.2 Å². The highest BCUT2D eigenvalue weighted by molar-refractivity contribution is 7.90. The molecule has 2 amide bonds. The number of carbonyl (C=O) groups excluding carboxylic acids is 2. The number of rotatable bonds is 2. The van der Waals surface area contributed by atoms with Crippen molar-refractivity contribution in [3.8, 4) is 0 Å². The van der Waals surface area contributed by atoms with Crippen LogP contribution in [0.1, 0.15) is 32.7 Å². The smallest absolute Gasteiger partial charge is 0.335 e. The highest BCUT2D eigenvalue weighted by Crippen LogP contribution is 2.28. The lowest BCUT2D eigenvalue weighted by atomic mass is 10.1. The number of carbonyl (C=O) groups is 3. The Labute approximate surface area is 125 Å². The molecule has 1 saturated heterocycles. The summed E-state index contributed by atoms with van der Waals surface area (Å²) in [6.45, 7) is 0.0907. The molecule has 0 saturated carbocycles. The fourth-order valence-electron chi connectivity index (χ4n) is 2.70. The van der Waals surface area contributed by atoms with Crippen LogP contribution in [-0.2, 0) is 21.4 Å². The standard InChI is InChI=1S/C13H12N2O6S/c16-11-10(3-4-22(20,21)14-11)15-6-8-5-7(13(18)19)1-2-9(8)12(15)17/h1-2,5,10H,3-4,6H2,(H,14,16)(H,18,19). The third kappa shape index (κ3) is 2.33. The van der Waals surface area contributed by atoms with E-state index < -0.39 is 33.8 Å². The predicted molar refractivity (Wildman–Crippen MR) is 73.6 cm³/mol. The first-order valence-electron chi connectivity index (χ1n) is 6.50. The Balaban J connectivity index is 1.88. The highest BCUT2D eigenvalue weighted by Gasteiger charge is 2.40. The minimum absolute atomic E-state index is 0.0275. The van der Waals surface area contributed by atoms with Gasteiger partial charge in [-0.15, -0.1) is 0 Å². The predicted octanol–water partition coefficient (Wildman–Crippen LogP) is -0.441. The van der Waals surface area contributed by atoms with Crippen molar-refractivity contribution in [3.63, 3.8) is 0 Å². The van der Waals surface area contributed by atoms with Crippen molar-refractivity contribution in [1.29, 1.82) is 0 Å². The van der Waals surface area contributed by atoms with Crippen LogP contribution in [0.15, 0.2) is 18.2 Å². The Bertz CT molecular complexity index is 801. The molecule has 0 spiro atoms. The van der Waals surface area contributed by atoms with Gasteiger partial charge in [0.05, 0.1) is 11.3 Å². The van der Waals surface area contributed by atoms with Gasteiger partial charge in [0, 0.05) is 12.1 Å². The number of sulfonamides is 1. The van der Waals surface area contributed by atoms with Crippen LogP contribution in [0.2, 0.25) is 0 Å². The molecule has 1 atom stereocenters. The number of benzene rings is 1. The highest BCUT2D eigenvalue weighted by atomic mass is 32.2. The zero-order chi connectivity index (χ0) is 16.1. The summed E-state index contributed by atoms with van der Waals surface area (Å²) in [6, 6.07) is 3.27. The SMILES string of the molecule is O=C(O)c1ccc2c(c1)CN(C1CCS(=O)(=O)NC1=O)C2=O. The van der Waals surface area contributed by atoms with Crippen LogP contribution in [0.4, 0.5) is 0 Å². The van der Waals surface area contributed by atoms with Gasteiger partial charge in [-0.05, 0) is 30.2 Å². The van der Waals surface area contributed by atoms with E-state index in [-0.39, 0.29) is 24.3 Å². The lowest BCUT2D eigenvalue weighted by Gasteiger charge is -2.29. The second kappa shape index (κ2) is 4.80. The number of amides is 2. The van der Waals surface area contributed by atoms with Gasteiger partial charge in [0.15, 0.2) is 0 Å². The molecule has 0 bridgehead atoms. The Morgan fingerprint density at radius 3 is 2.68 bits per heavy atom. The average Bonchev–Trinajstić information content (AvgIpc) is 2.74. The molecule has 2 N–H and O–H groups in total. The number of hydrogen-bond acceptors (Lipinski definition) is 5. The summed E-state index contributed by atoms with van der Waals surface area (Å²) in [6.07, 6.45) is 0.0275. The van der Waals surface area contributed by atoms with E-state index in [0.29, 0.717) is 11.1 Å². The fourth-order valence-corrected chi connectivity index (χ4v) is 3.77. The Hall–Kier alpha value is -2.42. The van der Waals surface area contributed by atoms with Crippen LogP contribution >= 0.6 is 0 Å². The van der Waals surface area contributed by atoms with Gasteiger partial charge < -0.3 is 10.0 Å². The maximum absolute atomic E-state index is 12.3. The topological polar surface area (TPSA) is 121 Å². The maximum atomic E-state index is 12.3. The van der Waals surface area contributed by atoms with E-state index in [2.05, 4.69) is 0 Å². The van der Waals surface area contributed by atoms with Gasteiger partial charge in [-0.3, -0.25) is 14.3 Å². The third-order valence-corrected chi connectivity index (χ3v) is 5.06. The molecule has 2 aliphatic rings. The van der Waals surface area contributed by atoms with Gasteiger partial charge in [-0.1, -0.05) is 0 Å². The van der Waals surface area contributed by atoms with Gasteiger partial charge in [-0.2, -0.15) is 0 Å². The lowest BCUT2D eigenvalue weighted by Crippen LogP contribution is -2.53. The number of aromatic carboxylic acids is 1. The van der Waals surface area contributed by atoms with Gasteiger partial charge >= 0.3 is 5.97 Å². The average molecular weight is 324 g/mol. The molecule has 1 aromatic carbocycles. The second-order valence-corrected chi connectivity index (χ2v) is 7.04. The van der Waals surface area contributed by atoms with Crippen molar-refractivity contribution in [1.82, 2.24) is 9.62 Å². The zero-order valence-corrected chi connectivity index (χ0v) is 12.1. The molecule has 9 heteroatoms. The molecule has 1 aromatic rings. The summed E-state index contributed by atoms with van der Waals surface area (Å²) >= 11 is 0. The van der Waals surface area contributed by atoms with E-state index in [1.807, 2.05) is 4.72 Å². The molecule has 0 radical (unpaired) electrons. The lowest BCUT2D eigenvalue weighted by molar-refractivity contribution is -0.124. The van der Waals surface area contributed by atoms with Crippen molar-refractivity contribution in [2.75, 3.05) is 5.75 Å². The van der Waals surface area contributed by atoms with Crippen molar-refractivity contribution >= 4 is 27.8 Å². The first-order valence-corrected chi connectivity index (χ1v) is 8.15. The molecular weight excluding hydrogens is 312 g/mol. The minimum atomic E-state index is -3.61. The Morgan fingerprint density at radius 2 is 2.05 bits per heavy atom. The van der Waals surface area contributed by atoms with E-state index in [1.165, 1.54) is 23.1 Å². The number of carboxylic acids is 1. The van der Waals surface area contributed by atoms with E-state index in [4.69, 9.17) is 5.11 Å². The molecule has 0 aromatic heterocycles. The fraction of sp³-hybridized carbons (Fsp3) is 0.308. The molecule has 1 unspecified atom stereocenters. The first-order chi connectivity index (χ1) is 10.3. The van der Waals surface area contributed by atoms with E-state index >= 15 is 0 Å². The molecule has 2 heterocycles. The summed E-state index contributed by atoms with van der Waals surface area (Å²) in [7, 11) is -3.61. The number of carboxylic acid groups (broad SMARTS) is 1. The molecule has 1 fully saturated rings. The monoisotopic (exact) mass is 324 g/mol.